The summed E-state index contributed by atoms with van der Waals surface area (Å²) in [5, 5.41) is 2.74. The largest absolute Gasteiger partial charge is 0.336 e. The number of nitrogens with zero attached hydrogens (tertiary/aromatic N) is 4. The van der Waals surface area contributed by atoms with Crippen molar-refractivity contribution < 1.29 is 9.18 Å². The maximum absolute atomic E-state index is 13.6. The highest BCUT2D eigenvalue weighted by molar-refractivity contribution is 5.92. The van der Waals surface area contributed by atoms with Crippen LogP contribution in [-0.2, 0) is 11.2 Å². The molecular formula is C19H22FN5O. The lowest BCUT2D eigenvalue weighted by molar-refractivity contribution is -0.115. The molecule has 0 atom stereocenters. The topological polar surface area (TPSA) is 61.4 Å². The number of hydrogen-bond acceptors (Lipinski definition) is 5. The predicted octanol–water partition coefficient (Wildman–Crippen LogP) is 2.08. The Morgan fingerprint density at radius 2 is 1.85 bits per heavy atom. The van der Waals surface area contributed by atoms with Gasteiger partial charge in [-0.05, 0) is 24.5 Å². The van der Waals surface area contributed by atoms with Crippen LogP contribution in [0.3, 0.4) is 0 Å². The van der Waals surface area contributed by atoms with Gasteiger partial charge in [-0.15, -0.1) is 0 Å². The molecule has 1 amide bonds. The number of amides is 1. The van der Waals surface area contributed by atoms with Crippen LogP contribution in [-0.4, -0.2) is 53.0 Å². The molecule has 136 valence electrons. The van der Waals surface area contributed by atoms with Crippen LogP contribution in [0.25, 0.3) is 0 Å². The molecule has 3 aliphatic rings. The van der Waals surface area contributed by atoms with Crippen molar-refractivity contribution in [3.8, 4) is 0 Å². The van der Waals surface area contributed by atoms with E-state index in [2.05, 4.69) is 25.1 Å². The molecule has 2 aromatic rings. The van der Waals surface area contributed by atoms with Gasteiger partial charge >= 0.3 is 0 Å². The third kappa shape index (κ3) is 3.67. The van der Waals surface area contributed by atoms with Crippen molar-refractivity contribution in [1.29, 1.82) is 0 Å². The van der Waals surface area contributed by atoms with Crippen molar-refractivity contribution in [3.63, 3.8) is 0 Å². The Bertz CT molecular complexity index is 774. The first-order valence-corrected chi connectivity index (χ1v) is 9.03. The molecule has 0 radical (unpaired) electrons. The molecule has 6 nitrogen and oxygen atoms in total. The maximum Gasteiger partial charge on any atom is 0.228 e. The molecule has 1 N–H and O–H groups in total. The summed E-state index contributed by atoms with van der Waals surface area (Å²) in [4.78, 5) is 25.8. The van der Waals surface area contributed by atoms with E-state index in [0.29, 0.717) is 23.2 Å². The highest BCUT2D eigenvalue weighted by Gasteiger charge is 2.30. The van der Waals surface area contributed by atoms with Gasteiger partial charge in [0.25, 0.3) is 0 Å². The minimum absolute atomic E-state index is 0.0154. The van der Waals surface area contributed by atoms with Gasteiger partial charge in [0, 0.05) is 32.2 Å². The minimum Gasteiger partial charge on any atom is -0.336 e. The number of hydrogen-bond donors (Lipinski definition) is 1. The lowest BCUT2D eigenvalue weighted by Crippen LogP contribution is -2.38. The smallest absolute Gasteiger partial charge is 0.228 e. The first-order chi connectivity index (χ1) is 12.7. The number of anilines is 2. The van der Waals surface area contributed by atoms with Crippen LogP contribution in [0.4, 0.5) is 16.0 Å². The molecule has 4 heterocycles. The molecule has 0 spiro atoms. The Morgan fingerprint density at radius 1 is 1.12 bits per heavy atom. The van der Waals surface area contributed by atoms with Gasteiger partial charge in [0.2, 0.25) is 11.9 Å². The molecule has 0 saturated carbocycles. The van der Waals surface area contributed by atoms with E-state index in [9.17, 15) is 9.18 Å². The zero-order valence-electron chi connectivity index (χ0n) is 14.6. The summed E-state index contributed by atoms with van der Waals surface area (Å²) < 4.78 is 13.6. The van der Waals surface area contributed by atoms with Gasteiger partial charge in [-0.3, -0.25) is 4.79 Å². The number of piperidine rings is 1. The lowest BCUT2D eigenvalue weighted by atomic mass is 10.1. The third-order valence-corrected chi connectivity index (χ3v) is 5.14. The molecule has 5 rings (SSSR count). The first-order valence-electron chi connectivity index (χ1n) is 9.03. The highest BCUT2D eigenvalue weighted by Crippen LogP contribution is 2.24. The molecule has 1 aromatic heterocycles. The number of nitrogens with one attached hydrogen (secondary N) is 1. The van der Waals surface area contributed by atoms with Crippen LogP contribution in [0.1, 0.15) is 18.4 Å². The van der Waals surface area contributed by atoms with Crippen LogP contribution >= 0.6 is 0 Å². The molecule has 26 heavy (non-hydrogen) atoms. The predicted molar refractivity (Wildman–Crippen MR) is 97.6 cm³/mol. The summed E-state index contributed by atoms with van der Waals surface area (Å²) in [5.41, 5.74) is 0.899. The average Bonchev–Trinajstić information content (AvgIpc) is 2.98. The normalized spacial score (nSPS) is 22.1. The fourth-order valence-electron chi connectivity index (χ4n) is 3.70. The van der Waals surface area contributed by atoms with Crippen molar-refractivity contribution in [2.45, 2.75) is 25.3 Å². The van der Waals surface area contributed by atoms with Gasteiger partial charge in [0.1, 0.15) is 5.82 Å². The summed E-state index contributed by atoms with van der Waals surface area (Å²) in [5.74, 6) is 0.0551. The van der Waals surface area contributed by atoms with Gasteiger partial charge < -0.3 is 15.1 Å². The van der Waals surface area contributed by atoms with Crippen LogP contribution in [0.5, 0.6) is 0 Å². The van der Waals surface area contributed by atoms with Crippen molar-refractivity contribution in [3.05, 3.63) is 48.0 Å². The summed E-state index contributed by atoms with van der Waals surface area (Å²) >= 11 is 0. The molecule has 3 saturated heterocycles. The van der Waals surface area contributed by atoms with Crippen molar-refractivity contribution in [2.75, 3.05) is 36.4 Å². The van der Waals surface area contributed by atoms with Crippen LogP contribution < -0.4 is 10.2 Å². The Morgan fingerprint density at radius 3 is 2.58 bits per heavy atom. The standard InChI is InChI=1S/C19H22FN5O/c20-17-4-2-1-3-14(17)11-18(26)23-15-12-21-19(22-13-15)25-10-9-24-7-5-16(25)6-8-24/h1-4,12-13,16H,5-11H2,(H,23,26). The molecule has 3 aliphatic heterocycles. The molecule has 0 aliphatic carbocycles. The second-order valence-corrected chi connectivity index (χ2v) is 6.85. The van der Waals surface area contributed by atoms with Crippen LogP contribution in [0.2, 0.25) is 0 Å². The van der Waals surface area contributed by atoms with Gasteiger partial charge in [-0.25, -0.2) is 14.4 Å². The SMILES string of the molecule is O=C(Cc1ccccc1F)Nc1cnc(N2CCN3CCC2CC3)nc1. The molecule has 0 unspecified atom stereocenters. The summed E-state index contributed by atoms with van der Waals surface area (Å²) in [6.07, 6.45) is 5.52. The zero-order valence-corrected chi connectivity index (χ0v) is 14.6. The Hall–Kier alpha value is -2.54. The van der Waals surface area contributed by atoms with Gasteiger partial charge in [-0.1, -0.05) is 18.2 Å². The van der Waals surface area contributed by atoms with E-state index in [1.54, 1.807) is 30.6 Å². The Balaban J connectivity index is 1.40. The molecular weight excluding hydrogens is 333 g/mol. The van der Waals surface area contributed by atoms with Gasteiger partial charge in [0.05, 0.1) is 24.5 Å². The number of fused-ring (bicyclic) bond motifs is 4. The Kier molecular flexibility index (Phi) is 4.79. The monoisotopic (exact) mass is 355 g/mol. The average molecular weight is 355 g/mol. The number of rotatable bonds is 4. The van der Waals surface area contributed by atoms with Crippen LogP contribution in [0, 0.1) is 5.82 Å². The van der Waals surface area contributed by atoms with E-state index in [0.717, 1.165) is 39.0 Å². The minimum atomic E-state index is -0.374. The van der Waals surface area contributed by atoms with Crippen molar-refractivity contribution in [2.24, 2.45) is 0 Å². The van der Waals surface area contributed by atoms with Gasteiger partial charge in [0.15, 0.2) is 0 Å². The fourth-order valence-corrected chi connectivity index (χ4v) is 3.70. The molecule has 3 fully saturated rings. The molecule has 2 bridgehead atoms. The number of carbonyl (C=O) groups excluding carboxylic acids is 1. The summed E-state index contributed by atoms with van der Waals surface area (Å²) in [6.45, 7) is 4.27. The second kappa shape index (κ2) is 7.37. The van der Waals surface area contributed by atoms with E-state index in [1.165, 1.54) is 6.07 Å². The fraction of sp³-hybridized carbons (Fsp3) is 0.421. The number of halogens is 1. The zero-order chi connectivity index (χ0) is 17.9. The molecule has 7 heteroatoms. The third-order valence-electron chi connectivity index (χ3n) is 5.14. The lowest BCUT2D eigenvalue weighted by Gasteiger charge is -2.31. The quantitative estimate of drug-likeness (QED) is 0.910. The number of carbonyl (C=O) groups is 1. The number of aromatic nitrogens is 2. The summed E-state index contributed by atoms with van der Waals surface area (Å²) in [6, 6.07) is 6.78. The van der Waals surface area contributed by atoms with Gasteiger partial charge in [-0.2, -0.15) is 0 Å². The second-order valence-electron chi connectivity index (χ2n) is 6.85. The number of benzene rings is 1. The van der Waals surface area contributed by atoms with E-state index in [4.69, 9.17) is 0 Å². The van der Waals surface area contributed by atoms with E-state index in [-0.39, 0.29) is 18.1 Å². The maximum atomic E-state index is 13.6. The Labute approximate surface area is 152 Å². The van der Waals surface area contributed by atoms with E-state index >= 15 is 0 Å². The van der Waals surface area contributed by atoms with E-state index in [1.807, 2.05) is 0 Å². The first kappa shape index (κ1) is 16.9. The van der Waals surface area contributed by atoms with E-state index < -0.39 is 0 Å². The molecule has 1 aromatic carbocycles. The summed E-state index contributed by atoms with van der Waals surface area (Å²) in [7, 11) is 0. The highest BCUT2D eigenvalue weighted by atomic mass is 19.1. The van der Waals surface area contributed by atoms with Crippen molar-refractivity contribution in [1.82, 2.24) is 14.9 Å². The van der Waals surface area contributed by atoms with Crippen LogP contribution in [0.15, 0.2) is 36.7 Å². The van der Waals surface area contributed by atoms with Crippen molar-refractivity contribution >= 4 is 17.5 Å².